The fourth-order valence-electron chi connectivity index (χ4n) is 5.82. The number of ether oxygens (including phenoxy) is 2. The van der Waals surface area contributed by atoms with E-state index in [1.54, 1.807) is 11.5 Å². The number of nitrogens with zero attached hydrogens (tertiary/aromatic N) is 3. The summed E-state index contributed by atoms with van der Waals surface area (Å²) in [6, 6.07) is 11.5. The van der Waals surface area contributed by atoms with Crippen molar-refractivity contribution in [3.05, 3.63) is 94.2 Å². The van der Waals surface area contributed by atoms with Crippen molar-refractivity contribution in [2.75, 3.05) is 7.11 Å². The van der Waals surface area contributed by atoms with Crippen LogP contribution in [-0.2, 0) is 9.53 Å². The lowest BCUT2D eigenvalue weighted by Gasteiger charge is -2.26. The summed E-state index contributed by atoms with van der Waals surface area (Å²) in [5, 5.41) is 1.11. The van der Waals surface area contributed by atoms with Gasteiger partial charge in [-0.2, -0.15) is 0 Å². The van der Waals surface area contributed by atoms with Gasteiger partial charge in [0.25, 0.3) is 5.56 Å². The number of fused-ring (bicyclic) bond motifs is 2. The number of allylic oxidation sites excluding steroid dienone is 1. The Morgan fingerprint density at radius 2 is 1.90 bits per heavy atom. The molecule has 0 fully saturated rings. The molecule has 1 aliphatic rings. The molecule has 0 saturated heterocycles. The molecule has 3 heterocycles. The van der Waals surface area contributed by atoms with E-state index in [0.717, 1.165) is 27.5 Å². The van der Waals surface area contributed by atoms with Gasteiger partial charge in [-0.25, -0.2) is 9.79 Å². The van der Waals surface area contributed by atoms with Crippen LogP contribution in [0.1, 0.15) is 75.5 Å². The van der Waals surface area contributed by atoms with Crippen molar-refractivity contribution in [1.82, 2.24) is 9.13 Å². The fraction of sp³-hybridized carbons (Fsp3) is 0.364. The Hall–Kier alpha value is -3.43. The zero-order valence-electron chi connectivity index (χ0n) is 25.2. The van der Waals surface area contributed by atoms with Gasteiger partial charge in [0.2, 0.25) is 0 Å². The molecule has 5 rings (SSSR count). The number of methoxy groups -OCH3 is 1. The lowest BCUT2D eigenvalue weighted by Crippen LogP contribution is -2.40. The van der Waals surface area contributed by atoms with E-state index in [9.17, 15) is 9.59 Å². The maximum Gasteiger partial charge on any atom is 0.338 e. The zero-order valence-corrected chi connectivity index (χ0v) is 27.6. The standard InChI is InChI=1S/C33H36BrN3O4S/c1-9-19(5)36-21(7)24(23-12-10-11-18(4)29(23)36)16-27-31(38)37-30(25-15-22(34)13-14-26(25)41-17(2)3)28(32(39)40-8)20(6)35-33(37)42-27/h10-17,19,30H,9H2,1-8H3/b27-16-/t19-,30-/m1/s1. The molecule has 2 aromatic carbocycles. The van der Waals surface area contributed by atoms with E-state index in [1.165, 1.54) is 29.5 Å². The van der Waals surface area contributed by atoms with Crippen LogP contribution in [0, 0.1) is 13.8 Å². The second-order valence-corrected chi connectivity index (χ2v) is 12.9. The normalized spacial score (nSPS) is 16.1. The number of aromatic nitrogens is 2. The molecule has 9 heteroatoms. The van der Waals surface area contributed by atoms with Crippen LogP contribution >= 0.6 is 27.3 Å². The summed E-state index contributed by atoms with van der Waals surface area (Å²) < 4.78 is 16.7. The first kappa shape index (κ1) is 30.0. The predicted molar refractivity (Wildman–Crippen MR) is 172 cm³/mol. The number of para-hydroxylation sites is 1. The molecule has 0 radical (unpaired) electrons. The van der Waals surface area contributed by atoms with Crippen LogP contribution in [0.2, 0.25) is 0 Å². The maximum atomic E-state index is 14.3. The van der Waals surface area contributed by atoms with Crippen molar-refractivity contribution in [1.29, 1.82) is 0 Å². The highest BCUT2D eigenvalue weighted by Gasteiger charge is 2.35. The lowest BCUT2D eigenvalue weighted by molar-refractivity contribution is -0.136. The van der Waals surface area contributed by atoms with Crippen LogP contribution in [0.15, 0.2) is 61.9 Å². The van der Waals surface area contributed by atoms with Crippen molar-refractivity contribution in [2.24, 2.45) is 4.99 Å². The summed E-state index contributed by atoms with van der Waals surface area (Å²) in [6.45, 7) is 14.3. The Morgan fingerprint density at radius 3 is 2.57 bits per heavy atom. The Bertz CT molecular complexity index is 1930. The predicted octanol–water partition coefficient (Wildman–Crippen LogP) is 6.50. The van der Waals surface area contributed by atoms with Crippen molar-refractivity contribution in [2.45, 2.75) is 73.1 Å². The van der Waals surface area contributed by atoms with Gasteiger partial charge >= 0.3 is 5.97 Å². The van der Waals surface area contributed by atoms with E-state index in [-0.39, 0.29) is 11.7 Å². The monoisotopic (exact) mass is 649 g/mol. The quantitative estimate of drug-likeness (QED) is 0.214. The van der Waals surface area contributed by atoms with Crippen molar-refractivity contribution in [3.63, 3.8) is 0 Å². The number of thiazole rings is 1. The molecule has 0 aliphatic carbocycles. The minimum Gasteiger partial charge on any atom is -0.491 e. The number of hydrogen-bond donors (Lipinski definition) is 0. The molecule has 4 aromatic rings. The number of aryl methyl sites for hydroxylation is 1. The summed E-state index contributed by atoms with van der Waals surface area (Å²) in [4.78, 5) is 32.8. The van der Waals surface area contributed by atoms with Gasteiger partial charge < -0.3 is 14.0 Å². The van der Waals surface area contributed by atoms with Gasteiger partial charge in [-0.1, -0.05) is 52.4 Å². The van der Waals surface area contributed by atoms with Crippen LogP contribution in [-0.4, -0.2) is 28.3 Å². The molecular formula is C33H36BrN3O4S. The molecule has 0 bridgehead atoms. The third kappa shape index (κ3) is 5.07. The number of benzene rings is 2. The third-order valence-corrected chi connectivity index (χ3v) is 9.36. The van der Waals surface area contributed by atoms with E-state index in [0.29, 0.717) is 38.0 Å². The molecule has 0 spiro atoms. The first-order valence-electron chi connectivity index (χ1n) is 14.1. The van der Waals surface area contributed by atoms with Crippen LogP contribution in [0.5, 0.6) is 5.75 Å². The summed E-state index contributed by atoms with van der Waals surface area (Å²) in [7, 11) is 1.34. The molecule has 2 atom stereocenters. The highest BCUT2D eigenvalue weighted by atomic mass is 79.9. The average molecular weight is 651 g/mol. The topological polar surface area (TPSA) is 74.8 Å². The Labute approximate surface area is 257 Å². The summed E-state index contributed by atoms with van der Waals surface area (Å²) in [5.74, 6) is 0.0563. The summed E-state index contributed by atoms with van der Waals surface area (Å²) >= 11 is 4.91. The molecular weight excluding hydrogens is 614 g/mol. The molecule has 1 aliphatic heterocycles. The van der Waals surface area contributed by atoms with Crippen molar-refractivity contribution < 1.29 is 14.3 Å². The third-order valence-electron chi connectivity index (χ3n) is 7.88. The number of esters is 1. The maximum absolute atomic E-state index is 14.3. The SMILES string of the molecule is CC[C@@H](C)n1c(C)c(/C=c2\sc3n(c2=O)[C@H](c2cc(Br)ccc2OC(C)C)C(C(=O)OC)=C(C)N=3)c2cccc(C)c21. The number of hydrogen-bond acceptors (Lipinski definition) is 6. The van der Waals surface area contributed by atoms with E-state index in [2.05, 4.69) is 66.4 Å². The average Bonchev–Trinajstić information content (AvgIpc) is 3.41. The smallest absolute Gasteiger partial charge is 0.338 e. The number of halogens is 1. The highest BCUT2D eigenvalue weighted by molar-refractivity contribution is 9.10. The van der Waals surface area contributed by atoms with Crippen molar-refractivity contribution in [3.8, 4) is 5.75 Å². The van der Waals surface area contributed by atoms with Crippen LogP contribution in [0.25, 0.3) is 17.0 Å². The lowest BCUT2D eigenvalue weighted by atomic mass is 9.95. The van der Waals surface area contributed by atoms with Gasteiger partial charge in [0.1, 0.15) is 11.8 Å². The van der Waals surface area contributed by atoms with Crippen LogP contribution in [0.4, 0.5) is 0 Å². The Balaban J connectivity index is 1.82. The van der Waals surface area contributed by atoms with Crippen LogP contribution in [0.3, 0.4) is 0 Å². The molecule has 0 amide bonds. The molecule has 0 N–H and O–H groups in total. The Morgan fingerprint density at radius 1 is 1.17 bits per heavy atom. The largest absolute Gasteiger partial charge is 0.491 e. The zero-order chi connectivity index (χ0) is 30.5. The van der Waals surface area contributed by atoms with Crippen molar-refractivity contribution >= 4 is 50.2 Å². The number of carbonyl (C=O) groups excluding carboxylic acids is 1. The van der Waals surface area contributed by atoms with E-state index in [4.69, 9.17) is 14.5 Å². The second-order valence-electron chi connectivity index (χ2n) is 11.0. The highest BCUT2D eigenvalue weighted by Crippen LogP contribution is 2.38. The van der Waals surface area contributed by atoms with Crippen LogP contribution < -0.4 is 19.6 Å². The van der Waals surface area contributed by atoms with E-state index < -0.39 is 12.0 Å². The van der Waals surface area contributed by atoms with Gasteiger partial charge in [0.15, 0.2) is 4.80 Å². The first-order chi connectivity index (χ1) is 20.0. The van der Waals surface area contributed by atoms with E-state index in [1.807, 2.05) is 38.1 Å². The minimum atomic E-state index is -0.771. The van der Waals surface area contributed by atoms with Gasteiger partial charge in [0.05, 0.1) is 34.5 Å². The minimum absolute atomic E-state index is 0.110. The second kappa shape index (κ2) is 11.7. The fourth-order valence-corrected chi connectivity index (χ4v) is 7.22. The Kier molecular flexibility index (Phi) is 8.36. The van der Waals surface area contributed by atoms with Gasteiger partial charge in [0, 0.05) is 32.7 Å². The first-order valence-corrected chi connectivity index (χ1v) is 15.8. The summed E-state index contributed by atoms with van der Waals surface area (Å²) in [6.07, 6.45) is 2.87. The molecule has 0 unspecified atom stereocenters. The van der Waals surface area contributed by atoms with Gasteiger partial charge in [-0.3, -0.25) is 9.36 Å². The molecule has 220 valence electrons. The van der Waals surface area contributed by atoms with E-state index >= 15 is 0 Å². The summed E-state index contributed by atoms with van der Waals surface area (Å²) in [5.41, 5.74) is 5.80. The van der Waals surface area contributed by atoms with Gasteiger partial charge in [-0.15, -0.1) is 0 Å². The number of rotatable bonds is 7. The molecule has 0 saturated carbocycles. The molecule has 2 aromatic heterocycles. The molecule has 7 nitrogen and oxygen atoms in total. The number of carbonyl (C=O) groups is 1. The van der Waals surface area contributed by atoms with Gasteiger partial charge in [-0.05, 0) is 77.8 Å². The molecule has 42 heavy (non-hydrogen) atoms.